The predicted molar refractivity (Wildman–Crippen MR) is 116 cm³/mol. The number of allylic oxidation sites excluding steroid dienone is 2. The van der Waals surface area contributed by atoms with Gasteiger partial charge in [-0.15, -0.1) is 0 Å². The molecule has 1 aliphatic heterocycles. The summed E-state index contributed by atoms with van der Waals surface area (Å²) in [6.07, 6.45) is 22.2. The van der Waals surface area contributed by atoms with Gasteiger partial charge in [0.2, 0.25) is 5.91 Å². The topological polar surface area (TPSA) is 20.3 Å². The number of thiocarbonyl (C=S) groups is 1. The quantitative estimate of drug-likeness (QED) is 0.174. The number of hydrogen-bond donors (Lipinski definition) is 0. The first-order valence-electron chi connectivity index (χ1n) is 10.4. The lowest BCUT2D eigenvalue weighted by molar-refractivity contribution is -0.126. The lowest BCUT2D eigenvalue weighted by Gasteiger charge is -2.14. The monoisotopic (exact) mass is 383 g/mol. The minimum absolute atomic E-state index is 0.229. The van der Waals surface area contributed by atoms with Crippen LogP contribution in [0.3, 0.4) is 0 Å². The Labute approximate surface area is 165 Å². The number of thioether (sulfide) groups is 1. The van der Waals surface area contributed by atoms with Gasteiger partial charge < -0.3 is 0 Å². The maximum atomic E-state index is 12.0. The minimum Gasteiger partial charge on any atom is -0.297 e. The zero-order chi connectivity index (χ0) is 18.2. The van der Waals surface area contributed by atoms with E-state index >= 15 is 0 Å². The molecular formula is C21H37NOS2. The minimum atomic E-state index is 0.229. The molecule has 1 heterocycles. The third kappa shape index (κ3) is 11.8. The van der Waals surface area contributed by atoms with Crippen molar-refractivity contribution < 1.29 is 4.79 Å². The molecule has 0 aromatic carbocycles. The summed E-state index contributed by atoms with van der Waals surface area (Å²) < 4.78 is 0.776. The Hall–Kier alpha value is -0.350. The molecule has 0 atom stereocenters. The van der Waals surface area contributed by atoms with Crippen molar-refractivity contribution in [1.29, 1.82) is 0 Å². The van der Waals surface area contributed by atoms with E-state index in [1.165, 1.54) is 77.0 Å². The number of nitrogens with zero attached hydrogens (tertiary/aromatic N) is 1. The summed E-state index contributed by atoms with van der Waals surface area (Å²) in [6, 6.07) is 0. The Morgan fingerprint density at radius 1 is 0.960 bits per heavy atom. The normalized spacial score (nSPS) is 14.8. The molecule has 0 aromatic rings. The van der Waals surface area contributed by atoms with Gasteiger partial charge in [0.1, 0.15) is 4.32 Å². The van der Waals surface area contributed by atoms with Crippen molar-refractivity contribution >= 4 is 34.2 Å². The molecule has 0 unspecified atom stereocenters. The summed E-state index contributed by atoms with van der Waals surface area (Å²) in [5, 5.41) is 0. The highest BCUT2D eigenvalue weighted by molar-refractivity contribution is 8.23. The third-order valence-electron chi connectivity index (χ3n) is 4.71. The highest BCUT2D eigenvalue weighted by Gasteiger charge is 2.23. The molecule has 0 radical (unpaired) electrons. The summed E-state index contributed by atoms with van der Waals surface area (Å²) in [5.41, 5.74) is 0. The fourth-order valence-electron chi connectivity index (χ4n) is 3.10. The number of carbonyl (C=O) groups excluding carboxylic acids is 1. The molecule has 1 aliphatic rings. The average Bonchev–Trinajstić information content (AvgIpc) is 3.04. The standard InChI is InChI=1S/C21H37NOS2/c1-2-3-4-5-6-7-8-9-10-11-12-13-14-15-16-17-20(23)22-18-19-25-21(22)24/h9-10H,2-8,11-19H2,1H3/b10-9-. The van der Waals surface area contributed by atoms with E-state index in [1.54, 1.807) is 16.7 Å². The van der Waals surface area contributed by atoms with Crippen molar-refractivity contribution in [3.8, 4) is 0 Å². The Kier molecular flexibility index (Phi) is 14.4. The molecular weight excluding hydrogens is 346 g/mol. The first-order chi connectivity index (χ1) is 12.3. The van der Waals surface area contributed by atoms with Gasteiger partial charge in [0, 0.05) is 18.7 Å². The van der Waals surface area contributed by atoms with E-state index < -0.39 is 0 Å². The van der Waals surface area contributed by atoms with Crippen molar-refractivity contribution in [2.24, 2.45) is 0 Å². The molecule has 0 spiro atoms. The number of amides is 1. The van der Waals surface area contributed by atoms with Crippen molar-refractivity contribution in [1.82, 2.24) is 4.90 Å². The molecule has 0 bridgehead atoms. The van der Waals surface area contributed by atoms with E-state index in [4.69, 9.17) is 12.2 Å². The largest absolute Gasteiger partial charge is 0.297 e. The number of hydrogen-bond acceptors (Lipinski definition) is 3. The van der Waals surface area contributed by atoms with Crippen LogP contribution in [-0.4, -0.2) is 27.4 Å². The van der Waals surface area contributed by atoms with Crippen LogP contribution in [-0.2, 0) is 4.79 Å². The Morgan fingerprint density at radius 3 is 2.08 bits per heavy atom. The fourth-order valence-corrected chi connectivity index (χ4v) is 4.34. The van der Waals surface area contributed by atoms with Crippen molar-refractivity contribution in [2.45, 2.75) is 96.8 Å². The molecule has 4 heteroatoms. The van der Waals surface area contributed by atoms with E-state index in [-0.39, 0.29) is 5.91 Å². The first-order valence-corrected chi connectivity index (χ1v) is 11.8. The van der Waals surface area contributed by atoms with Gasteiger partial charge in [-0.2, -0.15) is 0 Å². The third-order valence-corrected chi connectivity index (χ3v) is 6.14. The molecule has 25 heavy (non-hydrogen) atoms. The second-order valence-electron chi connectivity index (χ2n) is 6.99. The summed E-state index contributed by atoms with van der Waals surface area (Å²) in [6.45, 7) is 3.08. The van der Waals surface area contributed by atoms with Gasteiger partial charge in [-0.1, -0.05) is 94.4 Å². The van der Waals surface area contributed by atoms with Crippen LogP contribution in [0.15, 0.2) is 12.2 Å². The van der Waals surface area contributed by atoms with E-state index in [0.717, 1.165) is 23.0 Å². The van der Waals surface area contributed by atoms with Crippen molar-refractivity contribution in [3.63, 3.8) is 0 Å². The number of unbranched alkanes of at least 4 members (excludes halogenated alkanes) is 11. The number of carbonyl (C=O) groups is 1. The van der Waals surface area contributed by atoms with Gasteiger partial charge in [0.15, 0.2) is 0 Å². The zero-order valence-corrected chi connectivity index (χ0v) is 17.8. The van der Waals surface area contributed by atoms with E-state index in [1.807, 2.05) is 0 Å². The summed E-state index contributed by atoms with van der Waals surface area (Å²) in [4.78, 5) is 13.8. The molecule has 0 N–H and O–H groups in total. The maximum absolute atomic E-state index is 12.0. The van der Waals surface area contributed by atoms with Gasteiger partial charge in [-0.25, -0.2) is 0 Å². The Morgan fingerprint density at radius 2 is 1.52 bits per heavy atom. The Balaban J connectivity index is 1.82. The maximum Gasteiger partial charge on any atom is 0.228 e. The molecule has 0 aliphatic carbocycles. The highest BCUT2D eigenvalue weighted by Crippen LogP contribution is 2.19. The fraction of sp³-hybridized carbons (Fsp3) is 0.810. The van der Waals surface area contributed by atoms with Gasteiger partial charge in [0.05, 0.1) is 0 Å². The second-order valence-corrected chi connectivity index (χ2v) is 8.72. The SMILES string of the molecule is CCCCCCCC/C=C\CCCCCCCC(=O)N1CCSC1=S. The van der Waals surface area contributed by atoms with Crippen LogP contribution in [0.25, 0.3) is 0 Å². The molecule has 0 saturated carbocycles. The van der Waals surface area contributed by atoms with Gasteiger partial charge in [0.25, 0.3) is 0 Å². The first kappa shape index (κ1) is 22.7. The number of rotatable bonds is 15. The van der Waals surface area contributed by atoms with Gasteiger partial charge >= 0.3 is 0 Å². The molecule has 2 nitrogen and oxygen atoms in total. The van der Waals surface area contributed by atoms with Crippen LogP contribution in [0.1, 0.15) is 96.8 Å². The molecule has 1 rings (SSSR count). The lowest BCUT2D eigenvalue weighted by Crippen LogP contribution is -2.30. The molecule has 0 aromatic heterocycles. The van der Waals surface area contributed by atoms with Crippen LogP contribution < -0.4 is 0 Å². The summed E-state index contributed by atoms with van der Waals surface area (Å²) in [7, 11) is 0. The second kappa shape index (κ2) is 15.9. The molecule has 144 valence electrons. The van der Waals surface area contributed by atoms with Crippen LogP contribution in [0.5, 0.6) is 0 Å². The Bertz CT molecular complexity index is 395. The van der Waals surface area contributed by atoms with Crippen LogP contribution in [0.4, 0.5) is 0 Å². The average molecular weight is 384 g/mol. The molecule has 1 fully saturated rings. The summed E-state index contributed by atoms with van der Waals surface area (Å²) in [5.74, 6) is 1.20. The van der Waals surface area contributed by atoms with Gasteiger partial charge in [-0.3, -0.25) is 9.69 Å². The van der Waals surface area contributed by atoms with Crippen LogP contribution >= 0.6 is 24.0 Å². The van der Waals surface area contributed by atoms with Crippen molar-refractivity contribution in [2.75, 3.05) is 12.3 Å². The van der Waals surface area contributed by atoms with Crippen LogP contribution in [0.2, 0.25) is 0 Å². The van der Waals surface area contributed by atoms with Crippen molar-refractivity contribution in [3.05, 3.63) is 12.2 Å². The highest BCUT2D eigenvalue weighted by atomic mass is 32.2. The van der Waals surface area contributed by atoms with E-state index in [2.05, 4.69) is 19.1 Å². The summed E-state index contributed by atoms with van der Waals surface area (Å²) >= 11 is 6.82. The van der Waals surface area contributed by atoms with E-state index in [0.29, 0.717) is 6.42 Å². The lowest BCUT2D eigenvalue weighted by atomic mass is 10.1. The molecule has 1 amide bonds. The smallest absolute Gasteiger partial charge is 0.228 e. The predicted octanol–water partition coefficient (Wildman–Crippen LogP) is 6.88. The van der Waals surface area contributed by atoms with E-state index in [9.17, 15) is 4.79 Å². The zero-order valence-electron chi connectivity index (χ0n) is 16.1. The van der Waals surface area contributed by atoms with Gasteiger partial charge in [-0.05, 0) is 32.1 Å². The van der Waals surface area contributed by atoms with Crippen LogP contribution in [0, 0.1) is 0 Å². The molecule has 1 saturated heterocycles.